The van der Waals surface area contributed by atoms with Crippen molar-refractivity contribution in [3.8, 4) is 0 Å². The van der Waals surface area contributed by atoms with Gasteiger partial charge in [0.25, 0.3) is 5.69 Å². The van der Waals surface area contributed by atoms with E-state index in [0.717, 1.165) is 0 Å². The number of hydrogen-bond donors (Lipinski definition) is 1. The molecule has 1 heterocycles. The zero-order chi connectivity index (χ0) is 29.5. The zero-order valence-electron chi connectivity index (χ0n) is 23.2. The number of carbonyl (C=O) groups is 2. The Bertz CT molecular complexity index is 1290. The van der Waals surface area contributed by atoms with Crippen LogP contribution in [0.1, 0.15) is 72.9 Å². The van der Waals surface area contributed by atoms with E-state index in [1.165, 1.54) is 39.0 Å². The van der Waals surface area contributed by atoms with Gasteiger partial charge in [-0.15, -0.1) is 6.58 Å². The number of nitro groups is 1. The molecule has 0 aliphatic carbocycles. The van der Waals surface area contributed by atoms with Crippen molar-refractivity contribution in [2.45, 2.75) is 84.1 Å². The molecule has 11 nitrogen and oxygen atoms in total. The quantitative estimate of drug-likeness (QED) is 0.277. The van der Waals surface area contributed by atoms with Gasteiger partial charge in [0.05, 0.1) is 16.2 Å². The van der Waals surface area contributed by atoms with Crippen LogP contribution in [0, 0.1) is 15.5 Å². The number of nitro benzene ring substituents is 1. The Morgan fingerprint density at radius 3 is 2.29 bits per heavy atom. The van der Waals surface area contributed by atoms with Gasteiger partial charge in [-0.05, 0) is 64.0 Å². The number of carbonyl (C=O) groups excluding carboxylic acids is 1. The van der Waals surface area contributed by atoms with Crippen LogP contribution in [-0.2, 0) is 26.5 Å². The fourth-order valence-corrected chi connectivity index (χ4v) is 6.65. The van der Waals surface area contributed by atoms with Gasteiger partial charge in [-0.1, -0.05) is 32.9 Å². The summed E-state index contributed by atoms with van der Waals surface area (Å²) >= 11 is 0. The highest BCUT2D eigenvalue weighted by atomic mass is 32.2. The molecule has 1 aliphatic heterocycles. The molecule has 0 unspecified atom stereocenters. The Balaban J connectivity index is 2.80. The molecule has 1 N–H and O–H groups in total. The van der Waals surface area contributed by atoms with Crippen LogP contribution in [-0.4, -0.2) is 57.5 Å². The van der Waals surface area contributed by atoms with Gasteiger partial charge in [0.1, 0.15) is 16.2 Å². The van der Waals surface area contributed by atoms with Crippen LogP contribution in [0.25, 0.3) is 0 Å². The van der Waals surface area contributed by atoms with Gasteiger partial charge < -0.3 is 9.84 Å². The molecule has 1 aliphatic rings. The lowest BCUT2D eigenvalue weighted by Crippen LogP contribution is -2.60. The van der Waals surface area contributed by atoms with Crippen LogP contribution in [0.15, 0.2) is 35.8 Å². The number of nitrogens with zero attached hydrogens (tertiary/aromatic N) is 3. The number of carboxylic acid groups (broad SMARTS) is 1. The molecule has 0 bridgehead atoms. The predicted molar refractivity (Wildman–Crippen MR) is 144 cm³/mol. The number of amidine groups is 1. The van der Waals surface area contributed by atoms with Crippen LogP contribution >= 0.6 is 0 Å². The summed E-state index contributed by atoms with van der Waals surface area (Å²) in [6.45, 7) is 16.7. The Morgan fingerprint density at radius 2 is 1.82 bits per heavy atom. The van der Waals surface area contributed by atoms with Crippen molar-refractivity contribution >= 4 is 33.5 Å². The molecule has 0 radical (unpaired) electrons. The summed E-state index contributed by atoms with van der Waals surface area (Å²) in [6, 6.07) is 4.00. The van der Waals surface area contributed by atoms with Gasteiger partial charge in [0.15, 0.2) is 9.84 Å². The third kappa shape index (κ3) is 6.40. The Morgan fingerprint density at radius 1 is 1.24 bits per heavy atom. The van der Waals surface area contributed by atoms with Crippen LogP contribution < -0.4 is 0 Å². The number of allylic oxidation sites excluding steroid dienone is 1. The lowest BCUT2D eigenvalue weighted by atomic mass is 9.84. The number of imide groups is 1. The third-order valence-electron chi connectivity index (χ3n) is 6.29. The first-order valence-corrected chi connectivity index (χ1v) is 13.7. The molecule has 0 fully saturated rings. The number of aliphatic imine (C=N–C) groups is 1. The molecule has 2 rings (SSSR count). The molecular weight excluding hydrogens is 514 g/mol. The van der Waals surface area contributed by atoms with Crippen molar-refractivity contribution in [3.63, 3.8) is 0 Å². The maximum Gasteiger partial charge on any atom is 0.425 e. The average molecular weight is 552 g/mol. The highest BCUT2D eigenvalue weighted by Crippen LogP contribution is 2.41. The smallest absolute Gasteiger partial charge is 0.425 e. The van der Waals surface area contributed by atoms with E-state index in [2.05, 4.69) is 11.6 Å². The maximum absolute atomic E-state index is 13.6. The van der Waals surface area contributed by atoms with E-state index < -0.39 is 54.4 Å². The van der Waals surface area contributed by atoms with Crippen LogP contribution in [0.3, 0.4) is 0 Å². The summed E-state index contributed by atoms with van der Waals surface area (Å²) < 4.78 is 30.9. The number of sulfone groups is 1. The van der Waals surface area contributed by atoms with Gasteiger partial charge in [-0.3, -0.25) is 15.1 Å². The van der Waals surface area contributed by atoms with Crippen molar-refractivity contribution in [1.82, 2.24) is 4.90 Å². The summed E-state index contributed by atoms with van der Waals surface area (Å²) in [5.74, 6) is -1.12. The lowest BCUT2D eigenvalue weighted by molar-refractivity contribution is -0.385. The van der Waals surface area contributed by atoms with E-state index in [4.69, 9.17) is 4.74 Å². The highest BCUT2D eigenvalue weighted by molar-refractivity contribution is 7.93. The fourth-order valence-electron chi connectivity index (χ4n) is 4.91. The van der Waals surface area contributed by atoms with Crippen LogP contribution in [0.2, 0.25) is 0 Å². The monoisotopic (exact) mass is 551 g/mol. The molecule has 1 atom stereocenters. The van der Waals surface area contributed by atoms with E-state index >= 15 is 0 Å². The van der Waals surface area contributed by atoms with E-state index in [1.54, 1.807) is 19.9 Å². The predicted octanol–water partition coefficient (Wildman–Crippen LogP) is 5.48. The summed E-state index contributed by atoms with van der Waals surface area (Å²) in [5, 5.41) is 21.6. The van der Waals surface area contributed by atoms with Crippen molar-refractivity contribution in [1.29, 1.82) is 0 Å². The number of hydrogen-bond acceptors (Lipinski definition) is 8. The van der Waals surface area contributed by atoms with Gasteiger partial charge in [0.2, 0.25) is 0 Å². The van der Waals surface area contributed by atoms with Crippen molar-refractivity contribution in [3.05, 3.63) is 52.1 Å². The second kappa shape index (κ2) is 10.1. The first-order chi connectivity index (χ1) is 17.1. The van der Waals surface area contributed by atoms with Gasteiger partial charge in [-0.25, -0.2) is 18.0 Å². The molecule has 0 saturated carbocycles. The summed E-state index contributed by atoms with van der Waals surface area (Å²) in [4.78, 5) is 41.4. The molecule has 1 aromatic carbocycles. The Hall–Kier alpha value is -3.28. The minimum absolute atomic E-state index is 0.218. The van der Waals surface area contributed by atoms with Crippen LogP contribution in [0.4, 0.5) is 15.3 Å². The van der Waals surface area contributed by atoms with E-state index in [-0.39, 0.29) is 28.0 Å². The standard InChI is InChI=1S/C26H37N3O8S/c1-10-11-17-12-13-18(29(33)34)14-19(17)26(9)16-38(35,36)25(7,8)20(27-26)28(21(30)31)22(32)37-24(5,6)15-23(2,3)4/h10,12-14H,1,11,15-16H2,2-9H3,(H,30,31)/t26-/m0/s1. The molecule has 38 heavy (non-hydrogen) atoms. The molecule has 0 saturated heterocycles. The molecule has 210 valence electrons. The lowest BCUT2D eigenvalue weighted by Gasteiger charge is -2.42. The number of non-ortho nitro benzene ring substituents is 1. The molecule has 2 amide bonds. The van der Waals surface area contributed by atoms with Gasteiger partial charge in [0, 0.05) is 12.1 Å². The number of benzene rings is 1. The van der Waals surface area contributed by atoms with Gasteiger partial charge >= 0.3 is 12.2 Å². The molecule has 0 spiro atoms. The van der Waals surface area contributed by atoms with E-state index in [0.29, 0.717) is 12.0 Å². The fraction of sp³-hybridized carbons (Fsp3) is 0.577. The van der Waals surface area contributed by atoms with Gasteiger partial charge in [-0.2, -0.15) is 4.90 Å². The largest absolute Gasteiger partial charge is 0.464 e. The Kier molecular flexibility index (Phi) is 8.24. The first-order valence-electron chi connectivity index (χ1n) is 12.0. The number of rotatable bonds is 6. The topological polar surface area (TPSA) is 156 Å². The number of ether oxygens (including phenoxy) is 1. The van der Waals surface area contributed by atoms with E-state index in [9.17, 15) is 33.2 Å². The third-order valence-corrected chi connectivity index (χ3v) is 8.97. The second-order valence-electron chi connectivity index (χ2n) is 12.1. The molecule has 0 aromatic heterocycles. The van der Waals surface area contributed by atoms with Crippen molar-refractivity contribution < 1.29 is 32.8 Å². The Labute approximate surface area is 223 Å². The van der Waals surface area contributed by atoms with Crippen molar-refractivity contribution in [2.75, 3.05) is 5.75 Å². The van der Waals surface area contributed by atoms with E-state index in [1.807, 2.05) is 20.8 Å². The van der Waals surface area contributed by atoms with Crippen LogP contribution in [0.5, 0.6) is 0 Å². The minimum Gasteiger partial charge on any atom is -0.464 e. The summed E-state index contributed by atoms with van der Waals surface area (Å²) in [5.41, 5.74) is -2.53. The summed E-state index contributed by atoms with van der Waals surface area (Å²) in [6.07, 6.45) is -0.855. The maximum atomic E-state index is 13.6. The minimum atomic E-state index is -4.15. The highest BCUT2D eigenvalue weighted by Gasteiger charge is 2.54. The zero-order valence-corrected chi connectivity index (χ0v) is 24.0. The SMILES string of the molecule is C=CCc1ccc([N+](=O)[O-])cc1[C@]1(C)CS(=O)(=O)C(C)(C)C(N(C(=O)O)C(=O)OC(C)(C)CC(C)(C)C)=N1. The van der Waals surface area contributed by atoms with Crippen molar-refractivity contribution in [2.24, 2.45) is 10.4 Å². The molecule has 12 heteroatoms. The normalized spacial score (nSPS) is 20.7. The average Bonchev–Trinajstić information content (AvgIpc) is 2.69. The summed E-state index contributed by atoms with van der Waals surface area (Å²) in [7, 11) is -4.15. The molecule has 1 aromatic rings. The molecular formula is C26H37N3O8S. The number of amides is 2. The first kappa shape index (κ1) is 30.9. The second-order valence-corrected chi connectivity index (χ2v) is 14.6.